The summed E-state index contributed by atoms with van der Waals surface area (Å²) in [5.74, 6) is -0.411. The Morgan fingerprint density at radius 3 is 2.54 bits per heavy atom. The van der Waals surface area contributed by atoms with Crippen molar-refractivity contribution in [3.63, 3.8) is 0 Å². The number of hydrogen-bond acceptors (Lipinski definition) is 5. The molecule has 26 heavy (non-hydrogen) atoms. The molecule has 0 spiro atoms. The number of nitro benzene ring substituents is 1. The van der Waals surface area contributed by atoms with E-state index in [-0.39, 0.29) is 5.69 Å². The first-order chi connectivity index (χ1) is 12.5. The number of hydrogen-bond donors (Lipinski definition) is 1. The van der Waals surface area contributed by atoms with Crippen molar-refractivity contribution < 1.29 is 9.72 Å². The number of halogens is 1. The second-order valence-corrected chi connectivity index (χ2v) is 6.11. The van der Waals surface area contributed by atoms with Gasteiger partial charge in [0.15, 0.2) is 0 Å². The number of carbonyl (C=O) groups excluding carboxylic acids is 1. The molecule has 3 rings (SSSR count). The minimum absolute atomic E-state index is 0.00783. The Morgan fingerprint density at radius 2 is 1.88 bits per heavy atom. The molecule has 0 radical (unpaired) electrons. The fourth-order valence-electron chi connectivity index (χ4n) is 2.09. The first kappa shape index (κ1) is 17.5. The van der Waals surface area contributed by atoms with E-state index in [1.54, 1.807) is 23.0 Å². The van der Waals surface area contributed by atoms with Crippen LogP contribution in [0.2, 0.25) is 0 Å². The molecule has 0 saturated carbocycles. The molecular weight excluding hydrogens is 402 g/mol. The van der Waals surface area contributed by atoms with Gasteiger partial charge >= 0.3 is 0 Å². The molecule has 0 saturated heterocycles. The number of carbonyl (C=O) groups is 1. The molecule has 0 fully saturated rings. The molecule has 1 heterocycles. The largest absolute Gasteiger partial charge is 0.274 e. The lowest BCUT2D eigenvalue weighted by Gasteiger charge is -2.00. The van der Waals surface area contributed by atoms with Crippen molar-refractivity contribution in [2.75, 3.05) is 0 Å². The van der Waals surface area contributed by atoms with Gasteiger partial charge in [-0.2, -0.15) is 10.2 Å². The highest BCUT2D eigenvalue weighted by Gasteiger charge is 2.08. The van der Waals surface area contributed by atoms with Crippen LogP contribution in [0.3, 0.4) is 0 Å². The summed E-state index contributed by atoms with van der Waals surface area (Å²) < 4.78 is 2.54. The van der Waals surface area contributed by atoms with Crippen molar-refractivity contribution in [2.24, 2.45) is 5.10 Å². The van der Waals surface area contributed by atoms with Crippen molar-refractivity contribution in [1.82, 2.24) is 15.2 Å². The van der Waals surface area contributed by atoms with Crippen molar-refractivity contribution in [2.45, 2.75) is 0 Å². The van der Waals surface area contributed by atoms with Gasteiger partial charge in [-0.15, -0.1) is 0 Å². The molecule has 1 amide bonds. The first-order valence-electron chi connectivity index (χ1n) is 7.41. The SMILES string of the molecule is O=C(N/N=C\c1ccc([N+](=O)[O-])cc1)c1cnn(-c2ccc(Br)cc2)c1. The van der Waals surface area contributed by atoms with E-state index in [1.165, 1.54) is 24.5 Å². The fraction of sp³-hybridized carbons (Fsp3) is 0. The summed E-state index contributed by atoms with van der Waals surface area (Å²) in [6.45, 7) is 0. The molecule has 0 unspecified atom stereocenters. The Hall–Kier alpha value is -3.33. The number of hydrazone groups is 1. The summed E-state index contributed by atoms with van der Waals surface area (Å²) in [5.41, 5.74) is 4.19. The number of rotatable bonds is 5. The quantitative estimate of drug-likeness (QED) is 0.393. The van der Waals surface area contributed by atoms with Crippen molar-refractivity contribution >= 4 is 33.7 Å². The molecule has 0 aliphatic carbocycles. The molecule has 8 nitrogen and oxygen atoms in total. The lowest BCUT2D eigenvalue weighted by molar-refractivity contribution is -0.384. The number of nitrogens with one attached hydrogen (secondary N) is 1. The molecule has 0 atom stereocenters. The van der Waals surface area contributed by atoms with E-state index in [0.717, 1.165) is 10.2 Å². The summed E-state index contributed by atoms with van der Waals surface area (Å²) >= 11 is 3.36. The highest BCUT2D eigenvalue weighted by Crippen LogP contribution is 2.14. The molecule has 1 aromatic heterocycles. The smallest absolute Gasteiger partial charge is 0.267 e. The third-order valence-corrected chi connectivity index (χ3v) is 3.95. The van der Waals surface area contributed by atoms with Crippen molar-refractivity contribution in [3.8, 4) is 5.69 Å². The van der Waals surface area contributed by atoms with E-state index < -0.39 is 10.8 Å². The molecule has 130 valence electrons. The van der Waals surface area contributed by atoms with Gasteiger partial charge in [0.05, 0.1) is 28.6 Å². The monoisotopic (exact) mass is 413 g/mol. The molecule has 2 aromatic carbocycles. The molecule has 3 aromatic rings. The predicted octanol–water partition coefficient (Wildman–Crippen LogP) is 3.31. The van der Waals surface area contributed by atoms with Crippen molar-refractivity contribution in [1.29, 1.82) is 0 Å². The molecule has 0 aliphatic rings. The van der Waals surface area contributed by atoms with Gasteiger partial charge in [-0.25, -0.2) is 10.1 Å². The van der Waals surface area contributed by atoms with Crippen LogP contribution in [-0.4, -0.2) is 26.8 Å². The van der Waals surface area contributed by atoms with Crippen LogP contribution >= 0.6 is 15.9 Å². The van der Waals surface area contributed by atoms with Gasteiger partial charge < -0.3 is 0 Å². The van der Waals surface area contributed by atoms with Crippen LogP contribution in [0.5, 0.6) is 0 Å². The third kappa shape index (κ3) is 4.19. The molecular formula is C17H12BrN5O3. The van der Waals surface area contributed by atoms with Crippen LogP contribution in [0.4, 0.5) is 5.69 Å². The van der Waals surface area contributed by atoms with Gasteiger partial charge in [0, 0.05) is 22.8 Å². The zero-order valence-electron chi connectivity index (χ0n) is 13.2. The number of benzene rings is 2. The van der Waals surface area contributed by atoms with Crippen LogP contribution in [-0.2, 0) is 0 Å². The van der Waals surface area contributed by atoms with Crippen LogP contribution < -0.4 is 5.43 Å². The Morgan fingerprint density at radius 1 is 1.19 bits per heavy atom. The van der Waals surface area contributed by atoms with E-state index in [9.17, 15) is 14.9 Å². The van der Waals surface area contributed by atoms with Gasteiger partial charge in [-0.05, 0) is 42.0 Å². The maximum absolute atomic E-state index is 12.1. The molecule has 0 aliphatic heterocycles. The molecule has 9 heteroatoms. The minimum atomic E-state index is -0.480. The van der Waals surface area contributed by atoms with E-state index in [0.29, 0.717) is 11.1 Å². The zero-order valence-corrected chi connectivity index (χ0v) is 14.8. The van der Waals surface area contributed by atoms with Crippen molar-refractivity contribution in [3.05, 3.63) is 86.6 Å². The Bertz CT molecular complexity index is 965. The second-order valence-electron chi connectivity index (χ2n) is 5.20. The van der Waals surface area contributed by atoms with Gasteiger partial charge in [0.2, 0.25) is 0 Å². The average Bonchev–Trinajstić information content (AvgIpc) is 3.13. The third-order valence-electron chi connectivity index (χ3n) is 3.42. The maximum Gasteiger partial charge on any atom is 0.274 e. The van der Waals surface area contributed by atoms with Gasteiger partial charge in [-0.3, -0.25) is 14.9 Å². The van der Waals surface area contributed by atoms with Crippen LogP contribution in [0.25, 0.3) is 5.69 Å². The van der Waals surface area contributed by atoms with Crippen LogP contribution in [0.1, 0.15) is 15.9 Å². The lowest BCUT2D eigenvalue weighted by atomic mass is 10.2. The van der Waals surface area contributed by atoms with E-state index in [2.05, 4.69) is 31.6 Å². The Balaban J connectivity index is 1.63. The Labute approximate surface area is 156 Å². The molecule has 1 N–H and O–H groups in total. The topological polar surface area (TPSA) is 102 Å². The molecule has 0 bridgehead atoms. The average molecular weight is 414 g/mol. The van der Waals surface area contributed by atoms with Gasteiger partial charge in [0.25, 0.3) is 11.6 Å². The number of aromatic nitrogens is 2. The van der Waals surface area contributed by atoms with E-state index >= 15 is 0 Å². The van der Waals surface area contributed by atoms with Crippen LogP contribution in [0.15, 0.2) is 70.5 Å². The Kier molecular flexibility index (Phi) is 5.18. The number of amides is 1. The normalized spacial score (nSPS) is 10.8. The summed E-state index contributed by atoms with van der Waals surface area (Å²) in [6.07, 6.45) is 4.44. The highest BCUT2D eigenvalue weighted by atomic mass is 79.9. The van der Waals surface area contributed by atoms with Gasteiger partial charge in [-0.1, -0.05) is 15.9 Å². The minimum Gasteiger partial charge on any atom is -0.267 e. The second kappa shape index (κ2) is 7.70. The number of nitrogens with zero attached hydrogens (tertiary/aromatic N) is 4. The van der Waals surface area contributed by atoms with E-state index in [1.807, 2.05) is 24.3 Å². The standard InChI is InChI=1S/C17H12BrN5O3/c18-14-3-7-15(8-4-14)22-11-13(10-20-22)17(24)21-19-9-12-1-5-16(6-2-12)23(25)26/h1-11H,(H,21,24)/b19-9-. The van der Waals surface area contributed by atoms with Gasteiger partial charge in [0.1, 0.15) is 0 Å². The summed E-state index contributed by atoms with van der Waals surface area (Å²) in [5, 5.41) is 18.6. The summed E-state index contributed by atoms with van der Waals surface area (Å²) in [6, 6.07) is 13.3. The summed E-state index contributed by atoms with van der Waals surface area (Å²) in [7, 11) is 0. The lowest BCUT2D eigenvalue weighted by Crippen LogP contribution is -2.16. The van der Waals surface area contributed by atoms with E-state index in [4.69, 9.17) is 0 Å². The first-order valence-corrected chi connectivity index (χ1v) is 8.21. The number of nitro groups is 1. The maximum atomic E-state index is 12.1. The highest BCUT2D eigenvalue weighted by molar-refractivity contribution is 9.10. The number of non-ortho nitro benzene ring substituents is 1. The summed E-state index contributed by atoms with van der Waals surface area (Å²) in [4.78, 5) is 22.2. The zero-order chi connectivity index (χ0) is 18.5. The predicted molar refractivity (Wildman–Crippen MR) is 99.4 cm³/mol. The fourth-order valence-corrected chi connectivity index (χ4v) is 2.35. The van der Waals surface area contributed by atoms with Crippen LogP contribution in [0, 0.1) is 10.1 Å².